The average Bonchev–Trinajstić information content (AvgIpc) is 2.47. The predicted molar refractivity (Wildman–Crippen MR) is 77.8 cm³/mol. The van der Waals surface area contributed by atoms with Gasteiger partial charge in [-0.05, 0) is 19.9 Å². The monoisotopic (exact) mass is 275 g/mol. The van der Waals surface area contributed by atoms with Crippen molar-refractivity contribution in [2.45, 2.75) is 19.9 Å². The van der Waals surface area contributed by atoms with Gasteiger partial charge in [-0.25, -0.2) is 15.2 Å². The number of aryl methyl sites for hydroxylation is 1. The summed E-state index contributed by atoms with van der Waals surface area (Å²) >= 11 is 0. The van der Waals surface area contributed by atoms with Crippen molar-refractivity contribution in [2.24, 2.45) is 5.84 Å². The van der Waals surface area contributed by atoms with Crippen molar-refractivity contribution in [3.05, 3.63) is 47.4 Å². The topological polar surface area (TPSA) is 67.1 Å². The fourth-order valence-electron chi connectivity index (χ4n) is 2.07. The molecular formula is C14H18FN5. The van der Waals surface area contributed by atoms with Crippen LogP contribution in [0.3, 0.4) is 0 Å². The van der Waals surface area contributed by atoms with Crippen LogP contribution in [0.2, 0.25) is 0 Å². The Balaban J connectivity index is 2.36. The molecular weight excluding hydrogens is 257 g/mol. The summed E-state index contributed by atoms with van der Waals surface area (Å²) < 4.78 is 13.9. The number of hydrogen-bond donors (Lipinski definition) is 2. The minimum Gasteiger partial charge on any atom is -0.352 e. The maximum absolute atomic E-state index is 13.9. The molecule has 1 aromatic carbocycles. The van der Waals surface area contributed by atoms with Crippen molar-refractivity contribution in [1.82, 2.24) is 9.97 Å². The molecule has 1 heterocycles. The molecule has 0 radical (unpaired) electrons. The average molecular weight is 275 g/mol. The third-order valence-electron chi connectivity index (χ3n) is 3.34. The third kappa shape index (κ3) is 2.70. The fraction of sp³-hybridized carbons (Fsp3) is 0.286. The lowest BCUT2D eigenvalue weighted by Crippen LogP contribution is -2.25. The van der Waals surface area contributed by atoms with Crippen LogP contribution in [-0.4, -0.2) is 17.0 Å². The predicted octanol–water partition coefficient (Wildman–Crippen LogP) is 2.41. The molecule has 20 heavy (non-hydrogen) atoms. The highest BCUT2D eigenvalue weighted by atomic mass is 19.1. The zero-order chi connectivity index (χ0) is 14.7. The molecule has 6 heteroatoms. The number of nitrogens with one attached hydrogen (secondary N) is 1. The molecule has 1 unspecified atom stereocenters. The first-order chi connectivity index (χ1) is 9.54. The van der Waals surface area contributed by atoms with Crippen LogP contribution in [0.25, 0.3) is 0 Å². The summed E-state index contributed by atoms with van der Waals surface area (Å²) in [6, 6.07) is 6.57. The normalized spacial score (nSPS) is 12.1. The number of nitrogens with zero attached hydrogens (tertiary/aromatic N) is 3. The van der Waals surface area contributed by atoms with Gasteiger partial charge in [-0.1, -0.05) is 18.2 Å². The molecule has 0 amide bonds. The van der Waals surface area contributed by atoms with E-state index in [4.69, 9.17) is 5.84 Å². The molecule has 0 aliphatic rings. The van der Waals surface area contributed by atoms with Crippen molar-refractivity contribution < 1.29 is 4.39 Å². The quantitative estimate of drug-likeness (QED) is 0.662. The van der Waals surface area contributed by atoms with Gasteiger partial charge in [0.2, 0.25) is 5.95 Å². The highest BCUT2D eigenvalue weighted by Gasteiger charge is 2.18. The number of nitrogens with two attached hydrogens (primary N) is 1. The van der Waals surface area contributed by atoms with E-state index in [1.807, 2.05) is 31.9 Å². The summed E-state index contributed by atoms with van der Waals surface area (Å²) in [4.78, 5) is 10.3. The first-order valence-electron chi connectivity index (χ1n) is 6.32. The van der Waals surface area contributed by atoms with Crippen molar-refractivity contribution in [3.63, 3.8) is 0 Å². The number of halogens is 1. The Morgan fingerprint density at radius 3 is 2.70 bits per heavy atom. The van der Waals surface area contributed by atoms with E-state index in [1.165, 1.54) is 6.07 Å². The molecule has 0 saturated heterocycles. The van der Waals surface area contributed by atoms with Gasteiger partial charge in [0.05, 0.1) is 6.04 Å². The van der Waals surface area contributed by atoms with Gasteiger partial charge >= 0.3 is 0 Å². The molecule has 0 bridgehead atoms. The van der Waals surface area contributed by atoms with Crippen LogP contribution >= 0.6 is 0 Å². The van der Waals surface area contributed by atoms with E-state index in [-0.39, 0.29) is 11.9 Å². The zero-order valence-corrected chi connectivity index (χ0v) is 11.8. The highest BCUT2D eigenvalue weighted by Crippen LogP contribution is 2.27. The first kappa shape index (κ1) is 14.2. The number of rotatable bonds is 4. The van der Waals surface area contributed by atoms with Crippen LogP contribution < -0.4 is 16.2 Å². The lowest BCUT2D eigenvalue weighted by atomic mass is 10.1. The summed E-state index contributed by atoms with van der Waals surface area (Å²) in [6.45, 7) is 3.83. The second-order valence-corrected chi connectivity index (χ2v) is 4.65. The summed E-state index contributed by atoms with van der Waals surface area (Å²) in [5.74, 6) is 6.14. The molecule has 2 aromatic rings. The lowest BCUT2D eigenvalue weighted by Gasteiger charge is -2.28. The Kier molecular flexibility index (Phi) is 4.14. The molecule has 2 rings (SSSR count). The van der Waals surface area contributed by atoms with E-state index in [9.17, 15) is 4.39 Å². The maximum Gasteiger partial charge on any atom is 0.239 e. The summed E-state index contributed by atoms with van der Waals surface area (Å²) in [5.41, 5.74) is 3.94. The second-order valence-electron chi connectivity index (χ2n) is 4.65. The molecule has 0 aliphatic heterocycles. The van der Waals surface area contributed by atoms with Gasteiger partial charge in [-0.2, -0.15) is 4.98 Å². The molecule has 5 nitrogen and oxygen atoms in total. The standard InChI is InChI=1S/C14H18FN5/c1-9-8-17-14(19-16)18-13(9)20(3)10(2)11-6-4-5-7-12(11)15/h4-8,10H,16H2,1-3H3,(H,17,18,19). The van der Waals surface area contributed by atoms with Crippen LogP contribution in [0.5, 0.6) is 0 Å². The van der Waals surface area contributed by atoms with Crippen LogP contribution in [0, 0.1) is 12.7 Å². The molecule has 0 fully saturated rings. The van der Waals surface area contributed by atoms with E-state index < -0.39 is 0 Å². The van der Waals surface area contributed by atoms with Gasteiger partial charge in [0.25, 0.3) is 0 Å². The number of hydrazine groups is 1. The largest absolute Gasteiger partial charge is 0.352 e. The van der Waals surface area contributed by atoms with Gasteiger partial charge in [0.1, 0.15) is 11.6 Å². The molecule has 3 N–H and O–H groups in total. The molecule has 1 aromatic heterocycles. The number of hydrogen-bond acceptors (Lipinski definition) is 5. The summed E-state index contributed by atoms with van der Waals surface area (Å²) in [7, 11) is 1.87. The number of nitrogen functional groups attached to an aromatic ring is 1. The Morgan fingerprint density at radius 1 is 1.35 bits per heavy atom. The molecule has 1 atom stereocenters. The first-order valence-corrected chi connectivity index (χ1v) is 6.32. The fourth-order valence-corrected chi connectivity index (χ4v) is 2.07. The van der Waals surface area contributed by atoms with Crippen molar-refractivity contribution in [1.29, 1.82) is 0 Å². The van der Waals surface area contributed by atoms with E-state index in [2.05, 4.69) is 15.4 Å². The van der Waals surface area contributed by atoms with Crippen LogP contribution in [0.15, 0.2) is 30.5 Å². The SMILES string of the molecule is Cc1cnc(NN)nc1N(C)C(C)c1ccccc1F. The van der Waals surface area contributed by atoms with Crippen LogP contribution in [-0.2, 0) is 0 Å². The van der Waals surface area contributed by atoms with E-state index in [0.717, 1.165) is 5.56 Å². The van der Waals surface area contributed by atoms with Gasteiger partial charge in [-0.3, -0.25) is 5.43 Å². The van der Waals surface area contributed by atoms with Gasteiger partial charge < -0.3 is 4.90 Å². The summed E-state index contributed by atoms with van der Waals surface area (Å²) in [5, 5.41) is 0. The number of aromatic nitrogens is 2. The molecule has 106 valence electrons. The summed E-state index contributed by atoms with van der Waals surface area (Å²) in [6.07, 6.45) is 1.68. The van der Waals surface area contributed by atoms with Gasteiger partial charge in [0, 0.05) is 24.4 Å². The van der Waals surface area contributed by atoms with E-state index in [0.29, 0.717) is 17.3 Å². The third-order valence-corrected chi connectivity index (χ3v) is 3.34. The van der Waals surface area contributed by atoms with Gasteiger partial charge in [-0.15, -0.1) is 0 Å². The highest BCUT2D eigenvalue weighted by molar-refractivity contribution is 5.50. The van der Waals surface area contributed by atoms with Gasteiger partial charge in [0.15, 0.2) is 0 Å². The molecule has 0 aliphatic carbocycles. The van der Waals surface area contributed by atoms with E-state index in [1.54, 1.807) is 18.3 Å². The minimum absolute atomic E-state index is 0.157. The van der Waals surface area contributed by atoms with Crippen molar-refractivity contribution in [3.8, 4) is 0 Å². The minimum atomic E-state index is -0.226. The zero-order valence-electron chi connectivity index (χ0n) is 11.8. The number of benzene rings is 1. The Morgan fingerprint density at radius 2 is 2.05 bits per heavy atom. The van der Waals surface area contributed by atoms with E-state index >= 15 is 0 Å². The second kappa shape index (κ2) is 5.83. The maximum atomic E-state index is 13.9. The molecule has 0 saturated carbocycles. The lowest BCUT2D eigenvalue weighted by molar-refractivity contribution is 0.583. The molecule has 0 spiro atoms. The Labute approximate surface area is 117 Å². The van der Waals surface area contributed by atoms with Crippen molar-refractivity contribution >= 4 is 11.8 Å². The number of anilines is 2. The smallest absolute Gasteiger partial charge is 0.239 e. The van der Waals surface area contributed by atoms with Crippen molar-refractivity contribution in [2.75, 3.05) is 17.4 Å². The van der Waals surface area contributed by atoms with Crippen LogP contribution in [0.1, 0.15) is 24.1 Å². The Hall–Kier alpha value is -2.21. The van der Waals surface area contributed by atoms with Crippen LogP contribution in [0.4, 0.5) is 16.2 Å². The Bertz CT molecular complexity index is 602.